The van der Waals surface area contributed by atoms with E-state index in [2.05, 4.69) is 16.4 Å². The topological polar surface area (TPSA) is 112 Å². The van der Waals surface area contributed by atoms with E-state index >= 15 is 0 Å². The van der Waals surface area contributed by atoms with Crippen molar-refractivity contribution >= 4 is 34.8 Å². The highest BCUT2D eigenvalue weighted by Gasteiger charge is 2.60. The second kappa shape index (κ2) is 6.69. The van der Waals surface area contributed by atoms with E-state index < -0.39 is 11.3 Å². The van der Waals surface area contributed by atoms with Crippen LogP contribution in [0.5, 0.6) is 0 Å². The Kier molecular flexibility index (Phi) is 4.17. The maximum absolute atomic E-state index is 13.5. The predicted molar refractivity (Wildman–Crippen MR) is 116 cm³/mol. The lowest BCUT2D eigenvalue weighted by Gasteiger charge is -2.43. The molecule has 0 saturated heterocycles. The second-order valence-electron chi connectivity index (χ2n) is 7.89. The summed E-state index contributed by atoms with van der Waals surface area (Å²) in [5.74, 6) is -0.0612. The van der Waals surface area contributed by atoms with Crippen molar-refractivity contribution in [3.05, 3.63) is 75.3 Å². The quantitative estimate of drug-likeness (QED) is 0.715. The molecule has 1 aromatic carbocycles. The van der Waals surface area contributed by atoms with Gasteiger partial charge in [0.25, 0.3) is 0 Å². The second-order valence-corrected chi connectivity index (χ2v) is 8.33. The molecule has 8 heteroatoms. The Morgan fingerprint density at radius 1 is 1.26 bits per heavy atom. The van der Waals surface area contributed by atoms with E-state index in [-0.39, 0.29) is 17.2 Å². The third kappa shape index (κ3) is 2.49. The van der Waals surface area contributed by atoms with Crippen molar-refractivity contribution in [3.63, 3.8) is 0 Å². The van der Waals surface area contributed by atoms with Gasteiger partial charge in [0, 0.05) is 35.1 Å². The van der Waals surface area contributed by atoms with Crippen molar-refractivity contribution in [3.8, 4) is 6.07 Å². The molecular weight excluding hydrogens is 414 g/mol. The van der Waals surface area contributed by atoms with Crippen LogP contribution >= 0.6 is 11.6 Å². The maximum Gasteiger partial charge on any atom is 0.245 e. The fraction of sp³-hybridized carbons (Fsp3) is 0.217. The molecule has 0 unspecified atom stereocenters. The first-order valence-electron chi connectivity index (χ1n) is 9.91. The molecule has 154 valence electrons. The highest BCUT2D eigenvalue weighted by molar-refractivity contribution is 6.30. The molecule has 31 heavy (non-hydrogen) atoms. The number of carbonyl (C=O) groups is 2. The molecule has 3 heterocycles. The molecule has 7 nitrogen and oxygen atoms in total. The van der Waals surface area contributed by atoms with Gasteiger partial charge in [-0.1, -0.05) is 29.3 Å². The van der Waals surface area contributed by atoms with E-state index in [0.717, 1.165) is 5.56 Å². The average molecular weight is 432 g/mol. The summed E-state index contributed by atoms with van der Waals surface area (Å²) in [7, 11) is 0. The first kappa shape index (κ1) is 19.3. The van der Waals surface area contributed by atoms with Crippen molar-refractivity contribution < 1.29 is 9.59 Å². The number of hydrogen-bond acceptors (Lipinski definition) is 6. The van der Waals surface area contributed by atoms with Crippen molar-refractivity contribution in [2.24, 2.45) is 5.73 Å². The SMILES string of the molecule is Cc1ccc2c(c1)[C@@]1(C(=O)N2)C(C#N)=C(N)N(c2ccc(Cl)cn2)C2=C1C(=O)CCC2. The number of nitrogens with two attached hydrogens (primary N) is 1. The molecule has 3 aliphatic rings. The number of nitrogens with zero attached hydrogens (tertiary/aromatic N) is 3. The summed E-state index contributed by atoms with van der Waals surface area (Å²) < 4.78 is 0. The van der Waals surface area contributed by atoms with E-state index in [0.29, 0.717) is 52.6 Å². The van der Waals surface area contributed by atoms with Gasteiger partial charge in [-0.3, -0.25) is 14.5 Å². The Bertz CT molecular complexity index is 1270. The average Bonchev–Trinajstić information content (AvgIpc) is 3.02. The van der Waals surface area contributed by atoms with E-state index in [4.69, 9.17) is 17.3 Å². The molecular formula is C23H18ClN5O2. The summed E-state index contributed by atoms with van der Waals surface area (Å²) in [5, 5.41) is 13.5. The predicted octanol–water partition coefficient (Wildman–Crippen LogP) is 3.45. The number of hydrogen-bond donors (Lipinski definition) is 2. The Morgan fingerprint density at radius 3 is 2.77 bits per heavy atom. The zero-order valence-electron chi connectivity index (χ0n) is 16.7. The van der Waals surface area contributed by atoms with Crippen LogP contribution in [0.15, 0.2) is 59.2 Å². The number of fused-ring (bicyclic) bond motifs is 3. The van der Waals surface area contributed by atoms with Gasteiger partial charge in [0.1, 0.15) is 23.1 Å². The molecule has 1 aromatic heterocycles. The lowest BCUT2D eigenvalue weighted by atomic mass is 9.63. The number of amides is 1. The number of nitriles is 1. The summed E-state index contributed by atoms with van der Waals surface area (Å²) in [4.78, 5) is 32.9. The number of halogens is 1. The normalized spacial score (nSPS) is 22.4. The van der Waals surface area contributed by atoms with Crippen molar-refractivity contribution in [1.82, 2.24) is 4.98 Å². The van der Waals surface area contributed by atoms with Crippen molar-refractivity contribution in [1.29, 1.82) is 5.26 Å². The number of Topliss-reactive ketones (excluding diaryl/α,β-unsaturated/α-hetero) is 1. The first-order valence-corrected chi connectivity index (χ1v) is 10.3. The number of nitrogens with one attached hydrogen (secondary N) is 1. The number of aryl methyl sites for hydroxylation is 1. The molecule has 2 aliphatic heterocycles. The number of aromatic nitrogens is 1. The van der Waals surface area contributed by atoms with Crippen LogP contribution in [0.2, 0.25) is 5.02 Å². The highest BCUT2D eigenvalue weighted by Crippen LogP contribution is 2.55. The Labute approximate surface area is 183 Å². The summed E-state index contributed by atoms with van der Waals surface area (Å²) in [6, 6.07) is 11.0. The van der Waals surface area contributed by atoms with Gasteiger partial charge in [0.2, 0.25) is 5.91 Å². The minimum absolute atomic E-state index is 0.0279. The standard InChI is InChI=1S/C23H18ClN5O2/c1-12-5-7-16-14(9-12)23(22(31)28-16)15(10-25)21(26)29(19-8-6-13(24)11-27-19)17-3-2-4-18(30)20(17)23/h5-9,11H,2-4,26H2,1H3,(H,28,31)/t23-/m1/s1. The molecule has 0 saturated carbocycles. The fourth-order valence-electron chi connectivity index (χ4n) is 4.87. The third-order valence-corrected chi connectivity index (χ3v) is 6.35. The monoisotopic (exact) mass is 431 g/mol. The summed E-state index contributed by atoms with van der Waals surface area (Å²) in [6.45, 7) is 1.90. The van der Waals surface area contributed by atoms with Crippen LogP contribution < -0.4 is 16.0 Å². The van der Waals surface area contributed by atoms with Crippen molar-refractivity contribution in [2.75, 3.05) is 10.2 Å². The van der Waals surface area contributed by atoms with Gasteiger partial charge in [-0.25, -0.2) is 4.98 Å². The van der Waals surface area contributed by atoms with Gasteiger partial charge in [0.15, 0.2) is 5.78 Å². The molecule has 1 atom stereocenters. The molecule has 1 spiro atoms. The number of allylic oxidation sites excluding steroid dienone is 1. The Hall–Kier alpha value is -3.63. The number of ketones is 1. The molecule has 0 bridgehead atoms. The molecule has 3 N–H and O–H groups in total. The summed E-state index contributed by atoms with van der Waals surface area (Å²) in [6.07, 6.45) is 2.93. The number of anilines is 2. The van der Waals surface area contributed by atoms with Gasteiger partial charge >= 0.3 is 0 Å². The van der Waals surface area contributed by atoms with E-state index in [1.165, 1.54) is 6.20 Å². The van der Waals surface area contributed by atoms with Crippen LogP contribution in [-0.2, 0) is 15.0 Å². The van der Waals surface area contributed by atoms with Crippen LogP contribution in [-0.4, -0.2) is 16.7 Å². The first-order chi connectivity index (χ1) is 14.9. The molecule has 1 aliphatic carbocycles. The molecule has 5 rings (SSSR count). The molecule has 0 fully saturated rings. The highest BCUT2D eigenvalue weighted by atomic mass is 35.5. The number of pyridine rings is 1. The smallest absolute Gasteiger partial charge is 0.245 e. The van der Waals surface area contributed by atoms with Crippen LogP contribution in [0.4, 0.5) is 11.5 Å². The summed E-state index contributed by atoms with van der Waals surface area (Å²) in [5.41, 5.74) is 8.02. The molecule has 1 amide bonds. The van der Waals surface area contributed by atoms with E-state index in [1.807, 2.05) is 19.1 Å². The Morgan fingerprint density at radius 2 is 2.06 bits per heavy atom. The third-order valence-electron chi connectivity index (χ3n) is 6.12. The van der Waals surface area contributed by atoms with Crippen LogP contribution in [0.25, 0.3) is 0 Å². The number of benzene rings is 1. The fourth-order valence-corrected chi connectivity index (χ4v) is 4.98. The van der Waals surface area contributed by atoms with Crippen LogP contribution in [0.3, 0.4) is 0 Å². The van der Waals surface area contributed by atoms with Gasteiger partial charge in [-0.15, -0.1) is 0 Å². The van der Waals surface area contributed by atoms with Gasteiger partial charge in [-0.2, -0.15) is 5.26 Å². The van der Waals surface area contributed by atoms with Gasteiger partial charge in [0.05, 0.1) is 10.6 Å². The van der Waals surface area contributed by atoms with Gasteiger partial charge < -0.3 is 11.1 Å². The lowest BCUT2D eigenvalue weighted by Crippen LogP contribution is -2.51. The Balaban J connectivity index is 1.88. The lowest BCUT2D eigenvalue weighted by molar-refractivity contribution is -0.122. The van der Waals surface area contributed by atoms with Crippen molar-refractivity contribution in [2.45, 2.75) is 31.6 Å². The minimum atomic E-state index is -1.56. The summed E-state index contributed by atoms with van der Waals surface area (Å²) >= 11 is 6.00. The van der Waals surface area contributed by atoms with E-state index in [9.17, 15) is 14.9 Å². The molecule has 0 radical (unpaired) electrons. The molecule has 2 aromatic rings. The largest absolute Gasteiger partial charge is 0.384 e. The number of rotatable bonds is 1. The zero-order chi connectivity index (χ0) is 21.9. The van der Waals surface area contributed by atoms with E-state index in [1.54, 1.807) is 23.1 Å². The van der Waals surface area contributed by atoms with Crippen LogP contribution in [0, 0.1) is 18.3 Å². The van der Waals surface area contributed by atoms with Crippen LogP contribution in [0.1, 0.15) is 30.4 Å². The number of carbonyl (C=O) groups excluding carboxylic acids is 2. The van der Waals surface area contributed by atoms with Gasteiger partial charge in [-0.05, 0) is 38.0 Å². The maximum atomic E-state index is 13.5. The zero-order valence-corrected chi connectivity index (χ0v) is 17.5. The minimum Gasteiger partial charge on any atom is -0.384 e.